The van der Waals surface area contributed by atoms with Gasteiger partial charge >= 0.3 is 0 Å². The molecule has 5 nitrogen and oxygen atoms in total. The SMILES string of the molecule is COCCC1(C(N)=O)CCCN(Cc2cn(C)c3ccccc23)C1. The Labute approximate surface area is 143 Å². The molecule has 5 heteroatoms. The summed E-state index contributed by atoms with van der Waals surface area (Å²) in [7, 11) is 3.75. The van der Waals surface area contributed by atoms with E-state index in [-0.39, 0.29) is 5.91 Å². The Bertz CT molecular complexity index is 724. The maximum absolute atomic E-state index is 12.1. The van der Waals surface area contributed by atoms with Crippen LogP contribution in [0.1, 0.15) is 24.8 Å². The number of ether oxygens (including phenoxy) is 1. The molecule has 0 aliphatic carbocycles. The van der Waals surface area contributed by atoms with Gasteiger partial charge < -0.3 is 15.0 Å². The normalized spacial score (nSPS) is 22.1. The molecule has 0 saturated carbocycles. The van der Waals surface area contributed by atoms with Gasteiger partial charge in [-0.1, -0.05) is 18.2 Å². The van der Waals surface area contributed by atoms with Crippen molar-refractivity contribution in [3.63, 3.8) is 0 Å². The quantitative estimate of drug-likeness (QED) is 0.884. The molecule has 2 N–H and O–H groups in total. The topological polar surface area (TPSA) is 60.5 Å². The van der Waals surface area contributed by atoms with Crippen LogP contribution in [0.4, 0.5) is 0 Å². The van der Waals surface area contributed by atoms with Crippen LogP contribution in [-0.4, -0.2) is 42.2 Å². The summed E-state index contributed by atoms with van der Waals surface area (Å²) in [5.41, 5.74) is 7.85. The van der Waals surface area contributed by atoms with Crippen molar-refractivity contribution in [1.82, 2.24) is 9.47 Å². The van der Waals surface area contributed by atoms with Crippen molar-refractivity contribution >= 4 is 16.8 Å². The van der Waals surface area contributed by atoms with Crippen LogP contribution in [0.5, 0.6) is 0 Å². The summed E-state index contributed by atoms with van der Waals surface area (Å²) in [4.78, 5) is 14.5. The lowest BCUT2D eigenvalue weighted by Crippen LogP contribution is -2.50. The lowest BCUT2D eigenvalue weighted by atomic mass is 9.76. The Morgan fingerprint density at radius 2 is 2.17 bits per heavy atom. The van der Waals surface area contributed by atoms with Gasteiger partial charge in [0, 0.05) is 51.0 Å². The van der Waals surface area contributed by atoms with Crippen LogP contribution in [-0.2, 0) is 23.1 Å². The first-order valence-corrected chi connectivity index (χ1v) is 8.60. The number of nitrogens with two attached hydrogens (primary N) is 1. The van der Waals surface area contributed by atoms with Crippen LogP contribution in [0, 0.1) is 5.41 Å². The highest BCUT2D eigenvalue weighted by molar-refractivity contribution is 5.84. The number of primary amides is 1. The van der Waals surface area contributed by atoms with Crippen LogP contribution in [0.25, 0.3) is 10.9 Å². The lowest BCUT2D eigenvalue weighted by Gasteiger charge is -2.40. The standard InChI is InChI=1S/C19H27N3O2/c1-21-12-15(16-6-3-4-7-17(16)21)13-22-10-5-8-19(14-22,18(20)23)9-11-24-2/h3-4,6-7,12H,5,8-11,13-14H2,1-2H3,(H2,20,23). The van der Waals surface area contributed by atoms with Crippen molar-refractivity contribution in [3.8, 4) is 0 Å². The summed E-state index contributed by atoms with van der Waals surface area (Å²) in [6.07, 6.45) is 4.75. The van der Waals surface area contributed by atoms with E-state index < -0.39 is 5.41 Å². The van der Waals surface area contributed by atoms with Crippen molar-refractivity contribution in [2.75, 3.05) is 26.8 Å². The number of para-hydroxylation sites is 1. The predicted octanol–water partition coefficient (Wildman–Crippen LogP) is 2.28. The van der Waals surface area contributed by atoms with Gasteiger partial charge in [0.05, 0.1) is 5.41 Å². The third-order valence-electron chi connectivity index (χ3n) is 5.34. The monoisotopic (exact) mass is 329 g/mol. The van der Waals surface area contributed by atoms with E-state index in [1.165, 1.54) is 16.5 Å². The Hall–Kier alpha value is -1.85. The van der Waals surface area contributed by atoms with Gasteiger partial charge in [-0.3, -0.25) is 9.69 Å². The Morgan fingerprint density at radius 1 is 1.38 bits per heavy atom. The van der Waals surface area contributed by atoms with E-state index in [4.69, 9.17) is 10.5 Å². The smallest absolute Gasteiger partial charge is 0.225 e. The molecule has 24 heavy (non-hydrogen) atoms. The Morgan fingerprint density at radius 3 is 2.92 bits per heavy atom. The highest BCUT2D eigenvalue weighted by atomic mass is 16.5. The van der Waals surface area contributed by atoms with E-state index in [1.54, 1.807) is 7.11 Å². The number of rotatable bonds is 6. The van der Waals surface area contributed by atoms with Crippen molar-refractivity contribution in [2.45, 2.75) is 25.8 Å². The summed E-state index contributed by atoms with van der Waals surface area (Å²) in [6.45, 7) is 3.15. The minimum Gasteiger partial charge on any atom is -0.385 e. The van der Waals surface area contributed by atoms with E-state index >= 15 is 0 Å². The summed E-state index contributed by atoms with van der Waals surface area (Å²) >= 11 is 0. The van der Waals surface area contributed by atoms with Gasteiger partial charge in [-0.15, -0.1) is 0 Å². The zero-order chi connectivity index (χ0) is 17.2. The molecule has 1 amide bonds. The summed E-state index contributed by atoms with van der Waals surface area (Å²) in [5, 5.41) is 1.28. The van der Waals surface area contributed by atoms with Crippen molar-refractivity contribution in [1.29, 1.82) is 0 Å². The zero-order valence-electron chi connectivity index (χ0n) is 14.6. The summed E-state index contributed by atoms with van der Waals surface area (Å²) < 4.78 is 7.37. The number of benzene rings is 1. The van der Waals surface area contributed by atoms with E-state index in [0.717, 1.165) is 32.5 Å². The molecule has 1 aromatic carbocycles. The van der Waals surface area contributed by atoms with Gasteiger partial charge in [-0.05, 0) is 37.4 Å². The molecule has 2 aromatic rings. The fourth-order valence-corrected chi connectivity index (χ4v) is 3.98. The number of hydrogen-bond acceptors (Lipinski definition) is 3. The molecule has 1 fully saturated rings. The first-order valence-electron chi connectivity index (χ1n) is 8.60. The third-order valence-corrected chi connectivity index (χ3v) is 5.34. The van der Waals surface area contributed by atoms with E-state index in [0.29, 0.717) is 13.0 Å². The molecule has 1 aliphatic heterocycles. The highest BCUT2D eigenvalue weighted by Gasteiger charge is 2.40. The van der Waals surface area contributed by atoms with Crippen LogP contribution in [0.3, 0.4) is 0 Å². The van der Waals surface area contributed by atoms with Crippen LogP contribution in [0.15, 0.2) is 30.5 Å². The Balaban J connectivity index is 1.80. The molecule has 0 bridgehead atoms. The maximum Gasteiger partial charge on any atom is 0.225 e. The van der Waals surface area contributed by atoms with Crippen LogP contribution < -0.4 is 5.73 Å². The van der Waals surface area contributed by atoms with Crippen molar-refractivity contribution in [3.05, 3.63) is 36.0 Å². The molecule has 130 valence electrons. The average Bonchev–Trinajstić information content (AvgIpc) is 2.89. The molecule has 1 unspecified atom stereocenters. The zero-order valence-corrected chi connectivity index (χ0v) is 14.6. The van der Waals surface area contributed by atoms with Gasteiger partial charge in [0.25, 0.3) is 0 Å². The second-order valence-electron chi connectivity index (χ2n) is 6.98. The van der Waals surface area contributed by atoms with Gasteiger partial charge in [-0.25, -0.2) is 0 Å². The van der Waals surface area contributed by atoms with Crippen LogP contribution >= 0.6 is 0 Å². The molecule has 1 aromatic heterocycles. The Kier molecular flexibility index (Phi) is 4.92. The number of methoxy groups -OCH3 is 1. The number of aryl methyl sites for hydroxylation is 1. The number of nitrogens with zero attached hydrogens (tertiary/aromatic N) is 2. The number of likely N-dealkylation sites (tertiary alicyclic amines) is 1. The number of amides is 1. The summed E-state index contributed by atoms with van der Waals surface area (Å²) in [6, 6.07) is 8.45. The molecule has 0 spiro atoms. The molecular formula is C19H27N3O2. The summed E-state index contributed by atoms with van der Waals surface area (Å²) in [5.74, 6) is -0.192. The fraction of sp³-hybridized carbons (Fsp3) is 0.526. The van der Waals surface area contributed by atoms with Crippen molar-refractivity contribution in [2.24, 2.45) is 18.2 Å². The van der Waals surface area contributed by atoms with E-state index in [1.807, 2.05) is 0 Å². The molecule has 0 radical (unpaired) electrons. The number of carbonyl (C=O) groups excluding carboxylic acids is 1. The van der Waals surface area contributed by atoms with Crippen molar-refractivity contribution < 1.29 is 9.53 Å². The molecular weight excluding hydrogens is 302 g/mol. The molecule has 1 aliphatic rings. The van der Waals surface area contributed by atoms with E-state index in [9.17, 15) is 4.79 Å². The number of fused-ring (bicyclic) bond motifs is 1. The second-order valence-corrected chi connectivity index (χ2v) is 6.98. The first-order chi connectivity index (χ1) is 11.6. The van der Waals surface area contributed by atoms with Gasteiger partial charge in [0.2, 0.25) is 5.91 Å². The van der Waals surface area contributed by atoms with Crippen LogP contribution in [0.2, 0.25) is 0 Å². The number of piperidine rings is 1. The highest BCUT2D eigenvalue weighted by Crippen LogP contribution is 2.34. The van der Waals surface area contributed by atoms with Gasteiger partial charge in [0.1, 0.15) is 0 Å². The predicted molar refractivity (Wildman–Crippen MR) is 95.6 cm³/mol. The second kappa shape index (κ2) is 6.95. The first kappa shape index (κ1) is 17.0. The fourth-order valence-electron chi connectivity index (χ4n) is 3.98. The van der Waals surface area contributed by atoms with Gasteiger partial charge in [-0.2, -0.15) is 0 Å². The third kappa shape index (κ3) is 3.19. The number of aromatic nitrogens is 1. The molecule has 2 heterocycles. The average molecular weight is 329 g/mol. The van der Waals surface area contributed by atoms with E-state index in [2.05, 4.69) is 47.0 Å². The minimum atomic E-state index is -0.459. The molecule has 3 rings (SSSR count). The number of hydrogen-bond donors (Lipinski definition) is 1. The molecule has 1 saturated heterocycles. The largest absolute Gasteiger partial charge is 0.385 e. The maximum atomic E-state index is 12.1. The lowest BCUT2D eigenvalue weighted by molar-refractivity contribution is -0.132. The van der Waals surface area contributed by atoms with Gasteiger partial charge in [0.15, 0.2) is 0 Å². The minimum absolute atomic E-state index is 0.192. The number of carbonyl (C=O) groups is 1. The molecule has 1 atom stereocenters.